The van der Waals surface area contributed by atoms with Crippen molar-refractivity contribution in [3.63, 3.8) is 0 Å². The van der Waals surface area contributed by atoms with Gasteiger partial charge in [-0.2, -0.15) is 0 Å². The standard InChI is InChI=1S/C13H17FN2O3/c1-19-13-5-3-2-4-11(13)15-10-7-6-9(14)8-12(10)16(17)18/h6-8,11,13,15H,2-5H2,1H3. The molecule has 0 radical (unpaired) electrons. The largest absolute Gasteiger partial charge is 0.379 e. The Morgan fingerprint density at radius 3 is 2.84 bits per heavy atom. The van der Waals surface area contributed by atoms with E-state index in [-0.39, 0.29) is 17.8 Å². The maximum atomic E-state index is 13.1. The number of hydrogen-bond donors (Lipinski definition) is 1. The Labute approximate surface area is 110 Å². The lowest BCUT2D eigenvalue weighted by molar-refractivity contribution is -0.384. The topological polar surface area (TPSA) is 64.4 Å². The number of halogens is 1. The molecule has 19 heavy (non-hydrogen) atoms. The van der Waals surface area contributed by atoms with E-state index in [4.69, 9.17) is 4.74 Å². The molecule has 0 saturated heterocycles. The van der Waals surface area contributed by atoms with Gasteiger partial charge in [0.1, 0.15) is 11.5 Å². The van der Waals surface area contributed by atoms with Crippen molar-refractivity contribution in [3.8, 4) is 0 Å². The number of hydrogen-bond acceptors (Lipinski definition) is 4. The minimum Gasteiger partial charge on any atom is -0.379 e. The highest BCUT2D eigenvalue weighted by Crippen LogP contribution is 2.29. The molecule has 1 saturated carbocycles. The van der Waals surface area contributed by atoms with Crippen LogP contribution in [-0.4, -0.2) is 24.2 Å². The van der Waals surface area contributed by atoms with Crippen molar-refractivity contribution in [3.05, 3.63) is 34.1 Å². The molecule has 0 bridgehead atoms. The summed E-state index contributed by atoms with van der Waals surface area (Å²) < 4.78 is 18.5. The van der Waals surface area contributed by atoms with Crippen LogP contribution in [0.4, 0.5) is 15.8 Å². The fraction of sp³-hybridized carbons (Fsp3) is 0.538. The SMILES string of the molecule is COC1CCCCC1Nc1ccc(F)cc1[N+](=O)[O-]. The van der Waals surface area contributed by atoms with Gasteiger partial charge in [-0.15, -0.1) is 0 Å². The maximum Gasteiger partial charge on any atom is 0.295 e. The number of nitro benzene ring substituents is 1. The van der Waals surface area contributed by atoms with Crippen molar-refractivity contribution in [1.82, 2.24) is 0 Å². The normalized spacial score (nSPS) is 23.1. The van der Waals surface area contributed by atoms with Crippen molar-refractivity contribution in [2.24, 2.45) is 0 Å². The number of anilines is 1. The molecule has 1 aromatic rings. The molecule has 0 spiro atoms. The number of nitro groups is 1. The first-order chi connectivity index (χ1) is 9.11. The predicted octanol–water partition coefficient (Wildman–Crippen LogP) is 3.10. The monoisotopic (exact) mass is 268 g/mol. The molecule has 1 aliphatic rings. The van der Waals surface area contributed by atoms with E-state index in [2.05, 4.69) is 5.32 Å². The van der Waals surface area contributed by atoms with E-state index in [1.54, 1.807) is 7.11 Å². The second-order valence-corrected chi connectivity index (χ2v) is 4.73. The first kappa shape index (κ1) is 13.7. The van der Waals surface area contributed by atoms with Crippen LogP contribution >= 0.6 is 0 Å². The van der Waals surface area contributed by atoms with Gasteiger partial charge in [0.05, 0.1) is 23.1 Å². The zero-order valence-electron chi connectivity index (χ0n) is 10.8. The van der Waals surface area contributed by atoms with E-state index in [0.717, 1.165) is 31.7 Å². The highest BCUT2D eigenvalue weighted by Gasteiger charge is 2.27. The summed E-state index contributed by atoms with van der Waals surface area (Å²) in [6, 6.07) is 3.60. The molecule has 6 heteroatoms. The smallest absolute Gasteiger partial charge is 0.295 e. The van der Waals surface area contributed by atoms with Gasteiger partial charge in [0.25, 0.3) is 5.69 Å². The van der Waals surface area contributed by atoms with Gasteiger partial charge in [0.15, 0.2) is 0 Å². The van der Waals surface area contributed by atoms with E-state index in [9.17, 15) is 14.5 Å². The van der Waals surface area contributed by atoms with Gasteiger partial charge in [0.2, 0.25) is 0 Å². The summed E-state index contributed by atoms with van der Waals surface area (Å²) in [6.45, 7) is 0. The Morgan fingerprint density at radius 2 is 2.16 bits per heavy atom. The highest BCUT2D eigenvalue weighted by molar-refractivity contribution is 5.62. The summed E-state index contributed by atoms with van der Waals surface area (Å²) in [5.74, 6) is -0.607. The first-order valence-corrected chi connectivity index (χ1v) is 6.35. The van der Waals surface area contributed by atoms with Crippen molar-refractivity contribution in [1.29, 1.82) is 0 Å². The van der Waals surface area contributed by atoms with Crippen LogP contribution in [0, 0.1) is 15.9 Å². The number of nitrogens with one attached hydrogen (secondary N) is 1. The van der Waals surface area contributed by atoms with Gasteiger partial charge >= 0.3 is 0 Å². The summed E-state index contributed by atoms with van der Waals surface area (Å²) in [7, 11) is 1.64. The fourth-order valence-corrected chi connectivity index (χ4v) is 2.52. The lowest BCUT2D eigenvalue weighted by Crippen LogP contribution is -2.37. The van der Waals surface area contributed by atoms with Crippen LogP contribution in [0.15, 0.2) is 18.2 Å². The second-order valence-electron chi connectivity index (χ2n) is 4.73. The molecule has 1 fully saturated rings. The van der Waals surface area contributed by atoms with Crippen LogP contribution in [0.2, 0.25) is 0 Å². The highest BCUT2D eigenvalue weighted by atomic mass is 19.1. The van der Waals surface area contributed by atoms with Crippen molar-refractivity contribution < 1.29 is 14.1 Å². The Morgan fingerprint density at radius 1 is 1.42 bits per heavy atom. The molecule has 0 aromatic heterocycles. The molecule has 2 unspecified atom stereocenters. The molecule has 2 atom stereocenters. The Balaban J connectivity index is 2.20. The number of benzene rings is 1. The van der Waals surface area contributed by atoms with E-state index in [1.165, 1.54) is 12.1 Å². The lowest BCUT2D eigenvalue weighted by atomic mass is 9.92. The van der Waals surface area contributed by atoms with Gasteiger partial charge in [-0.05, 0) is 25.0 Å². The Kier molecular flexibility index (Phi) is 4.31. The number of rotatable bonds is 4. The molecule has 0 heterocycles. The summed E-state index contributed by atoms with van der Waals surface area (Å²) in [5.41, 5.74) is 0.112. The van der Waals surface area contributed by atoms with E-state index >= 15 is 0 Å². The van der Waals surface area contributed by atoms with E-state index < -0.39 is 10.7 Å². The lowest BCUT2D eigenvalue weighted by Gasteiger charge is -2.31. The Hall–Kier alpha value is -1.69. The average molecular weight is 268 g/mol. The van der Waals surface area contributed by atoms with Crippen LogP contribution in [0.3, 0.4) is 0 Å². The zero-order chi connectivity index (χ0) is 13.8. The molecule has 1 aromatic carbocycles. The maximum absolute atomic E-state index is 13.1. The van der Waals surface area contributed by atoms with Crippen molar-refractivity contribution >= 4 is 11.4 Å². The zero-order valence-corrected chi connectivity index (χ0v) is 10.8. The second kappa shape index (κ2) is 5.97. The molecule has 104 valence electrons. The van der Waals surface area contributed by atoms with E-state index in [1.807, 2.05) is 0 Å². The summed E-state index contributed by atoms with van der Waals surface area (Å²) in [5, 5.41) is 14.1. The molecule has 1 N–H and O–H groups in total. The van der Waals surface area contributed by atoms with Crippen molar-refractivity contribution in [2.45, 2.75) is 37.8 Å². The van der Waals surface area contributed by atoms with Crippen LogP contribution in [0.25, 0.3) is 0 Å². The van der Waals surface area contributed by atoms with Gasteiger partial charge in [-0.25, -0.2) is 4.39 Å². The van der Waals surface area contributed by atoms with Gasteiger partial charge in [-0.3, -0.25) is 10.1 Å². The number of ether oxygens (including phenoxy) is 1. The third kappa shape index (κ3) is 3.20. The van der Waals surface area contributed by atoms with Gasteiger partial charge < -0.3 is 10.1 Å². The molecule has 1 aliphatic carbocycles. The number of methoxy groups -OCH3 is 1. The summed E-state index contributed by atoms with van der Waals surface area (Å²) >= 11 is 0. The molecular formula is C13H17FN2O3. The predicted molar refractivity (Wildman–Crippen MR) is 69.7 cm³/mol. The third-order valence-electron chi connectivity index (χ3n) is 3.50. The molecular weight excluding hydrogens is 251 g/mol. The van der Waals surface area contributed by atoms with Gasteiger partial charge in [-0.1, -0.05) is 12.8 Å². The van der Waals surface area contributed by atoms with Crippen LogP contribution in [0.1, 0.15) is 25.7 Å². The van der Waals surface area contributed by atoms with Crippen molar-refractivity contribution in [2.75, 3.05) is 12.4 Å². The summed E-state index contributed by atoms with van der Waals surface area (Å²) in [4.78, 5) is 10.4. The average Bonchev–Trinajstić information content (AvgIpc) is 2.41. The molecule has 0 amide bonds. The molecule has 0 aliphatic heterocycles. The molecule has 5 nitrogen and oxygen atoms in total. The van der Waals surface area contributed by atoms with E-state index in [0.29, 0.717) is 5.69 Å². The number of nitrogens with zero attached hydrogens (tertiary/aromatic N) is 1. The van der Waals surface area contributed by atoms with Crippen LogP contribution < -0.4 is 5.32 Å². The van der Waals surface area contributed by atoms with Crippen LogP contribution in [-0.2, 0) is 4.74 Å². The minimum atomic E-state index is -0.607. The Bertz CT molecular complexity index is 467. The molecule has 2 rings (SSSR count). The summed E-state index contributed by atoms with van der Waals surface area (Å²) in [6.07, 6.45) is 4.03. The quantitative estimate of drug-likeness (QED) is 0.673. The fourth-order valence-electron chi connectivity index (χ4n) is 2.52. The van der Waals surface area contributed by atoms with Gasteiger partial charge in [0, 0.05) is 7.11 Å². The third-order valence-corrected chi connectivity index (χ3v) is 3.50. The minimum absolute atomic E-state index is 0.0305. The first-order valence-electron chi connectivity index (χ1n) is 6.35. The van der Waals surface area contributed by atoms with Crippen LogP contribution in [0.5, 0.6) is 0 Å².